The minimum atomic E-state index is 0.0308. The van der Waals surface area contributed by atoms with Crippen molar-refractivity contribution in [2.45, 2.75) is 0 Å². The van der Waals surface area contributed by atoms with Crippen molar-refractivity contribution in [3.05, 3.63) is 47.5 Å². The number of hydrogen-bond acceptors (Lipinski definition) is 3. The van der Waals surface area contributed by atoms with Crippen LogP contribution < -0.4 is 11.3 Å². The number of hydrazine groups is 1. The van der Waals surface area contributed by atoms with E-state index in [1.54, 1.807) is 12.1 Å². The Balaban J connectivity index is 2.56. The molecule has 2 rings (SSSR count). The van der Waals surface area contributed by atoms with Crippen LogP contribution in [0, 0.1) is 0 Å². The standard InChI is InChI=1S/C12H11ClN2O/c13-11-10(15-14)7-6-9(12(11)16)8-4-2-1-3-5-8/h1-7,15-16H,14H2. The first kappa shape index (κ1) is 10.8. The molecule has 0 aromatic heterocycles. The summed E-state index contributed by atoms with van der Waals surface area (Å²) in [4.78, 5) is 0. The summed E-state index contributed by atoms with van der Waals surface area (Å²) >= 11 is 5.96. The zero-order chi connectivity index (χ0) is 11.5. The molecule has 0 fully saturated rings. The van der Waals surface area contributed by atoms with Crippen molar-refractivity contribution < 1.29 is 5.11 Å². The molecule has 0 heterocycles. The number of hydrogen-bond donors (Lipinski definition) is 3. The molecule has 0 aliphatic heterocycles. The maximum atomic E-state index is 9.94. The van der Waals surface area contributed by atoms with Crippen LogP contribution in [0.4, 0.5) is 5.69 Å². The maximum absolute atomic E-state index is 9.94. The van der Waals surface area contributed by atoms with Gasteiger partial charge in [0.2, 0.25) is 0 Å². The largest absolute Gasteiger partial charge is 0.506 e. The van der Waals surface area contributed by atoms with E-state index in [0.717, 1.165) is 5.56 Å². The molecule has 4 N–H and O–H groups in total. The van der Waals surface area contributed by atoms with Crippen molar-refractivity contribution in [1.29, 1.82) is 0 Å². The lowest BCUT2D eigenvalue weighted by atomic mass is 10.0. The molecule has 0 aliphatic carbocycles. The Morgan fingerprint density at radius 3 is 2.38 bits per heavy atom. The first-order valence-electron chi connectivity index (χ1n) is 4.77. The van der Waals surface area contributed by atoms with Gasteiger partial charge in [0.05, 0.1) is 5.69 Å². The summed E-state index contributed by atoms with van der Waals surface area (Å²) in [6.45, 7) is 0. The number of nitrogen functional groups attached to an aromatic ring is 1. The molecule has 0 amide bonds. The van der Waals surface area contributed by atoms with Crippen LogP contribution in [0.25, 0.3) is 11.1 Å². The fourth-order valence-electron chi connectivity index (χ4n) is 1.53. The Labute approximate surface area is 98.4 Å². The van der Waals surface area contributed by atoms with Gasteiger partial charge in [-0.05, 0) is 17.7 Å². The van der Waals surface area contributed by atoms with Gasteiger partial charge >= 0.3 is 0 Å². The Morgan fingerprint density at radius 2 is 1.75 bits per heavy atom. The van der Waals surface area contributed by atoms with Gasteiger partial charge in [-0.3, -0.25) is 5.84 Å². The van der Waals surface area contributed by atoms with Gasteiger partial charge in [-0.25, -0.2) is 0 Å². The molecule has 0 bridgehead atoms. The molecule has 0 spiro atoms. The average Bonchev–Trinajstić information content (AvgIpc) is 2.34. The number of aromatic hydroxyl groups is 1. The maximum Gasteiger partial charge on any atom is 0.144 e. The zero-order valence-corrected chi connectivity index (χ0v) is 9.20. The van der Waals surface area contributed by atoms with E-state index in [1.165, 1.54) is 0 Å². The molecule has 4 heteroatoms. The Kier molecular flexibility index (Phi) is 2.99. The van der Waals surface area contributed by atoms with Crippen LogP contribution in [0.5, 0.6) is 5.75 Å². The topological polar surface area (TPSA) is 58.3 Å². The van der Waals surface area contributed by atoms with Gasteiger partial charge in [-0.15, -0.1) is 0 Å². The quantitative estimate of drug-likeness (QED) is 0.553. The minimum absolute atomic E-state index is 0.0308. The molecule has 0 atom stereocenters. The number of phenols is 1. The van der Waals surface area contributed by atoms with Crippen molar-refractivity contribution in [3.8, 4) is 16.9 Å². The highest BCUT2D eigenvalue weighted by atomic mass is 35.5. The number of nitrogens with two attached hydrogens (primary N) is 1. The second-order valence-electron chi connectivity index (χ2n) is 3.33. The first-order valence-corrected chi connectivity index (χ1v) is 5.15. The SMILES string of the molecule is NNc1ccc(-c2ccccc2)c(O)c1Cl. The Hall–Kier alpha value is -1.71. The van der Waals surface area contributed by atoms with E-state index in [1.807, 2.05) is 30.3 Å². The lowest BCUT2D eigenvalue weighted by Crippen LogP contribution is -2.07. The van der Waals surface area contributed by atoms with E-state index in [0.29, 0.717) is 11.3 Å². The Bertz CT molecular complexity index is 500. The van der Waals surface area contributed by atoms with E-state index in [9.17, 15) is 5.11 Å². The summed E-state index contributed by atoms with van der Waals surface area (Å²) in [6, 6.07) is 13.0. The van der Waals surface area contributed by atoms with Crippen molar-refractivity contribution in [2.24, 2.45) is 5.84 Å². The number of rotatable bonds is 2. The fourth-order valence-corrected chi connectivity index (χ4v) is 1.75. The monoisotopic (exact) mass is 234 g/mol. The van der Waals surface area contributed by atoms with Crippen LogP contribution >= 0.6 is 11.6 Å². The van der Waals surface area contributed by atoms with Gasteiger partial charge in [-0.1, -0.05) is 41.9 Å². The normalized spacial score (nSPS) is 10.1. The summed E-state index contributed by atoms with van der Waals surface area (Å²) in [7, 11) is 0. The molecular formula is C12H11ClN2O. The Morgan fingerprint density at radius 1 is 1.06 bits per heavy atom. The summed E-state index contributed by atoms with van der Waals surface area (Å²) in [5.41, 5.74) is 4.51. The van der Waals surface area contributed by atoms with Gasteiger partial charge in [0.1, 0.15) is 10.8 Å². The van der Waals surface area contributed by atoms with E-state index in [4.69, 9.17) is 17.4 Å². The fraction of sp³-hybridized carbons (Fsp3) is 0. The predicted molar refractivity (Wildman–Crippen MR) is 66.4 cm³/mol. The molecule has 0 aliphatic rings. The van der Waals surface area contributed by atoms with Gasteiger partial charge in [0.15, 0.2) is 0 Å². The molecule has 3 nitrogen and oxygen atoms in total. The van der Waals surface area contributed by atoms with Crippen LogP contribution in [-0.2, 0) is 0 Å². The van der Waals surface area contributed by atoms with Crippen LogP contribution in [0.3, 0.4) is 0 Å². The molecule has 0 saturated heterocycles. The highest BCUT2D eigenvalue weighted by Crippen LogP contribution is 2.39. The second kappa shape index (κ2) is 4.43. The number of benzene rings is 2. The predicted octanol–water partition coefficient (Wildman–Crippen LogP) is 3.00. The molecule has 2 aromatic rings. The molecule has 82 valence electrons. The summed E-state index contributed by atoms with van der Waals surface area (Å²) in [6.07, 6.45) is 0. The van der Waals surface area contributed by atoms with Crippen molar-refractivity contribution >= 4 is 17.3 Å². The minimum Gasteiger partial charge on any atom is -0.506 e. The third-order valence-corrected chi connectivity index (χ3v) is 2.74. The molecule has 16 heavy (non-hydrogen) atoms. The zero-order valence-electron chi connectivity index (χ0n) is 8.44. The third kappa shape index (κ3) is 1.83. The lowest BCUT2D eigenvalue weighted by molar-refractivity contribution is 0.478. The summed E-state index contributed by atoms with van der Waals surface area (Å²) in [5, 5.41) is 10.2. The van der Waals surface area contributed by atoms with Gasteiger partial charge in [-0.2, -0.15) is 0 Å². The second-order valence-corrected chi connectivity index (χ2v) is 3.71. The number of anilines is 1. The van der Waals surface area contributed by atoms with Crippen LogP contribution in [0.2, 0.25) is 5.02 Å². The van der Waals surface area contributed by atoms with Crippen LogP contribution in [0.15, 0.2) is 42.5 Å². The van der Waals surface area contributed by atoms with Gasteiger partial charge < -0.3 is 10.5 Å². The van der Waals surface area contributed by atoms with Crippen molar-refractivity contribution in [2.75, 3.05) is 5.43 Å². The smallest absolute Gasteiger partial charge is 0.144 e. The molecule has 2 aromatic carbocycles. The number of halogens is 1. The van der Waals surface area contributed by atoms with Crippen molar-refractivity contribution in [3.63, 3.8) is 0 Å². The molecule has 0 saturated carbocycles. The highest BCUT2D eigenvalue weighted by Gasteiger charge is 2.11. The highest BCUT2D eigenvalue weighted by molar-refractivity contribution is 6.35. The third-order valence-electron chi connectivity index (χ3n) is 2.36. The van der Waals surface area contributed by atoms with Crippen LogP contribution in [-0.4, -0.2) is 5.11 Å². The molecule has 0 radical (unpaired) electrons. The average molecular weight is 235 g/mol. The first-order chi connectivity index (χ1) is 7.74. The summed E-state index contributed by atoms with van der Waals surface area (Å²) < 4.78 is 0. The number of phenolic OH excluding ortho intramolecular Hbond substituents is 1. The van der Waals surface area contributed by atoms with Crippen molar-refractivity contribution in [1.82, 2.24) is 0 Å². The van der Waals surface area contributed by atoms with Gasteiger partial charge in [0.25, 0.3) is 0 Å². The molecule has 0 unspecified atom stereocenters. The number of nitrogens with one attached hydrogen (secondary N) is 1. The lowest BCUT2D eigenvalue weighted by Gasteiger charge is -2.10. The summed E-state index contributed by atoms with van der Waals surface area (Å²) in [5.74, 6) is 5.29. The van der Waals surface area contributed by atoms with E-state index in [-0.39, 0.29) is 10.8 Å². The van der Waals surface area contributed by atoms with E-state index >= 15 is 0 Å². The van der Waals surface area contributed by atoms with Crippen LogP contribution in [0.1, 0.15) is 0 Å². The van der Waals surface area contributed by atoms with E-state index < -0.39 is 0 Å². The molecular weight excluding hydrogens is 224 g/mol. The van der Waals surface area contributed by atoms with Gasteiger partial charge in [0, 0.05) is 5.56 Å². The van der Waals surface area contributed by atoms with E-state index in [2.05, 4.69) is 5.43 Å².